The summed E-state index contributed by atoms with van der Waals surface area (Å²) in [5, 5.41) is 2.81. The lowest BCUT2D eigenvalue weighted by Gasteiger charge is -2.14. The summed E-state index contributed by atoms with van der Waals surface area (Å²) in [6.07, 6.45) is -1.40. The fourth-order valence-electron chi connectivity index (χ4n) is 1.88. The van der Waals surface area contributed by atoms with Crippen LogP contribution in [0.15, 0.2) is 0 Å². The molecule has 0 aliphatic carbocycles. The highest BCUT2D eigenvalue weighted by atomic mass is 19.4. The number of hydrogen-bond acceptors (Lipinski definition) is 3. The number of ether oxygens (including phenoxy) is 1. The van der Waals surface area contributed by atoms with Gasteiger partial charge in [-0.05, 0) is 25.7 Å². The summed E-state index contributed by atoms with van der Waals surface area (Å²) in [6.45, 7) is 4.61. The van der Waals surface area contributed by atoms with Gasteiger partial charge in [-0.2, -0.15) is 13.2 Å². The van der Waals surface area contributed by atoms with Gasteiger partial charge in [0.1, 0.15) is 0 Å². The quantitative estimate of drug-likeness (QED) is 0.625. The van der Waals surface area contributed by atoms with E-state index in [4.69, 9.17) is 0 Å². The van der Waals surface area contributed by atoms with Crippen molar-refractivity contribution in [1.82, 2.24) is 5.32 Å². The number of alkyl halides is 3. The lowest BCUT2D eigenvalue weighted by atomic mass is 10.0. The SMILES string of the molecule is CC(C)CCCC(C)NC(=O)CCCC(=O)OCC(F)(F)F. The summed E-state index contributed by atoms with van der Waals surface area (Å²) in [4.78, 5) is 22.7. The van der Waals surface area contributed by atoms with Crippen molar-refractivity contribution < 1.29 is 27.5 Å². The average molecular weight is 325 g/mol. The molecule has 0 aromatic heterocycles. The number of amides is 1. The van der Waals surface area contributed by atoms with Crippen molar-refractivity contribution in [3.8, 4) is 0 Å². The summed E-state index contributed by atoms with van der Waals surface area (Å²) in [6, 6.07) is 0.0587. The Morgan fingerprint density at radius 3 is 2.23 bits per heavy atom. The molecule has 0 aromatic carbocycles. The minimum absolute atomic E-state index is 0.0587. The van der Waals surface area contributed by atoms with Gasteiger partial charge in [0.15, 0.2) is 6.61 Å². The Morgan fingerprint density at radius 1 is 1.05 bits per heavy atom. The molecule has 0 radical (unpaired) electrons. The zero-order valence-electron chi connectivity index (χ0n) is 13.5. The Kier molecular flexibility index (Phi) is 9.85. The van der Waals surface area contributed by atoms with Gasteiger partial charge in [0.2, 0.25) is 5.91 Å². The number of carbonyl (C=O) groups excluding carboxylic acids is 2. The van der Waals surface area contributed by atoms with E-state index in [9.17, 15) is 22.8 Å². The third-order valence-electron chi connectivity index (χ3n) is 3.01. The first-order chi connectivity index (χ1) is 10.1. The summed E-state index contributed by atoms with van der Waals surface area (Å²) < 4.78 is 39.5. The van der Waals surface area contributed by atoms with Gasteiger partial charge in [-0.1, -0.05) is 26.7 Å². The van der Waals surface area contributed by atoms with Crippen LogP contribution < -0.4 is 5.32 Å². The fraction of sp³-hybridized carbons (Fsp3) is 0.867. The second-order valence-corrected chi connectivity index (χ2v) is 5.92. The van der Waals surface area contributed by atoms with Crippen LogP contribution in [-0.4, -0.2) is 30.7 Å². The zero-order valence-corrected chi connectivity index (χ0v) is 13.5. The van der Waals surface area contributed by atoms with Crippen LogP contribution in [0.4, 0.5) is 13.2 Å². The molecule has 0 bridgehead atoms. The van der Waals surface area contributed by atoms with Crippen molar-refractivity contribution >= 4 is 11.9 Å². The van der Waals surface area contributed by atoms with Crippen molar-refractivity contribution in [2.75, 3.05) is 6.61 Å². The van der Waals surface area contributed by atoms with E-state index in [1.807, 2.05) is 6.92 Å². The maximum atomic E-state index is 11.8. The van der Waals surface area contributed by atoms with E-state index in [-0.39, 0.29) is 31.2 Å². The number of carbonyl (C=O) groups is 2. The normalized spacial score (nSPS) is 13.0. The van der Waals surface area contributed by atoms with E-state index in [0.717, 1.165) is 19.3 Å². The van der Waals surface area contributed by atoms with Crippen LogP contribution in [0.25, 0.3) is 0 Å². The average Bonchev–Trinajstić information content (AvgIpc) is 2.35. The molecule has 0 aliphatic rings. The standard InChI is InChI=1S/C15H26F3NO3/c1-11(2)6-4-7-12(3)19-13(20)8-5-9-14(21)22-10-15(16,17)18/h11-12H,4-10H2,1-3H3,(H,19,20). The first-order valence-corrected chi connectivity index (χ1v) is 7.62. The molecule has 0 saturated carbocycles. The van der Waals surface area contributed by atoms with Gasteiger partial charge in [0, 0.05) is 18.9 Å². The third-order valence-corrected chi connectivity index (χ3v) is 3.01. The van der Waals surface area contributed by atoms with Crippen molar-refractivity contribution in [3.63, 3.8) is 0 Å². The van der Waals surface area contributed by atoms with Crippen LogP contribution in [-0.2, 0) is 14.3 Å². The van der Waals surface area contributed by atoms with Gasteiger partial charge in [-0.3, -0.25) is 9.59 Å². The molecule has 4 nitrogen and oxygen atoms in total. The molecule has 0 spiro atoms. The Morgan fingerprint density at radius 2 is 1.68 bits per heavy atom. The largest absolute Gasteiger partial charge is 0.456 e. The van der Waals surface area contributed by atoms with Gasteiger partial charge in [0.05, 0.1) is 0 Å². The molecule has 0 rings (SSSR count). The van der Waals surface area contributed by atoms with Crippen molar-refractivity contribution in [2.45, 2.75) is 71.5 Å². The van der Waals surface area contributed by atoms with Crippen LogP contribution in [0.5, 0.6) is 0 Å². The summed E-state index contributed by atoms with van der Waals surface area (Å²) in [7, 11) is 0. The number of halogens is 3. The van der Waals surface area contributed by atoms with Gasteiger partial charge in [-0.25, -0.2) is 0 Å². The minimum atomic E-state index is -4.52. The van der Waals surface area contributed by atoms with E-state index < -0.39 is 18.8 Å². The molecule has 1 N–H and O–H groups in total. The van der Waals surface area contributed by atoms with Crippen molar-refractivity contribution in [1.29, 1.82) is 0 Å². The topological polar surface area (TPSA) is 55.4 Å². The highest BCUT2D eigenvalue weighted by Crippen LogP contribution is 2.15. The lowest BCUT2D eigenvalue weighted by Crippen LogP contribution is -2.32. The fourth-order valence-corrected chi connectivity index (χ4v) is 1.88. The predicted octanol–water partition coefficient (Wildman–Crippen LogP) is 3.59. The van der Waals surface area contributed by atoms with Crippen molar-refractivity contribution in [2.24, 2.45) is 5.92 Å². The molecule has 7 heteroatoms. The van der Waals surface area contributed by atoms with Gasteiger partial charge < -0.3 is 10.1 Å². The van der Waals surface area contributed by atoms with E-state index in [2.05, 4.69) is 23.9 Å². The van der Waals surface area contributed by atoms with E-state index in [0.29, 0.717) is 5.92 Å². The van der Waals surface area contributed by atoms with Gasteiger partial charge in [0.25, 0.3) is 0 Å². The Labute approximate surface area is 129 Å². The molecular formula is C15H26F3NO3. The predicted molar refractivity (Wildman–Crippen MR) is 77.2 cm³/mol. The van der Waals surface area contributed by atoms with Crippen LogP contribution in [0.3, 0.4) is 0 Å². The van der Waals surface area contributed by atoms with Crippen LogP contribution in [0.2, 0.25) is 0 Å². The molecule has 130 valence electrons. The highest BCUT2D eigenvalue weighted by molar-refractivity contribution is 5.77. The maximum absolute atomic E-state index is 11.8. The number of hydrogen-bond donors (Lipinski definition) is 1. The molecule has 0 aromatic rings. The molecule has 1 unspecified atom stereocenters. The monoisotopic (exact) mass is 325 g/mol. The summed E-state index contributed by atoms with van der Waals surface area (Å²) >= 11 is 0. The Bertz CT molecular complexity index is 343. The van der Waals surface area contributed by atoms with Crippen LogP contribution in [0.1, 0.15) is 59.3 Å². The molecule has 22 heavy (non-hydrogen) atoms. The molecule has 0 fully saturated rings. The first kappa shape index (κ1) is 20.7. The Balaban J connectivity index is 3.70. The number of nitrogens with one attached hydrogen (secondary N) is 1. The molecular weight excluding hydrogens is 299 g/mol. The minimum Gasteiger partial charge on any atom is -0.456 e. The number of rotatable bonds is 10. The van der Waals surface area contributed by atoms with Crippen LogP contribution in [0, 0.1) is 5.92 Å². The van der Waals surface area contributed by atoms with Gasteiger partial charge >= 0.3 is 12.1 Å². The lowest BCUT2D eigenvalue weighted by molar-refractivity contribution is -0.186. The number of esters is 1. The second-order valence-electron chi connectivity index (χ2n) is 5.92. The van der Waals surface area contributed by atoms with E-state index in [1.54, 1.807) is 0 Å². The molecule has 0 saturated heterocycles. The Hall–Kier alpha value is -1.27. The van der Waals surface area contributed by atoms with E-state index in [1.165, 1.54) is 0 Å². The second kappa shape index (κ2) is 10.5. The smallest absolute Gasteiger partial charge is 0.422 e. The van der Waals surface area contributed by atoms with E-state index >= 15 is 0 Å². The molecule has 1 amide bonds. The molecule has 0 aliphatic heterocycles. The summed E-state index contributed by atoms with van der Waals surface area (Å²) in [5.74, 6) is -0.499. The summed E-state index contributed by atoms with van der Waals surface area (Å²) in [5.41, 5.74) is 0. The zero-order chi connectivity index (χ0) is 17.2. The first-order valence-electron chi connectivity index (χ1n) is 7.62. The van der Waals surface area contributed by atoms with Crippen molar-refractivity contribution in [3.05, 3.63) is 0 Å². The third kappa shape index (κ3) is 13.7. The molecule has 1 atom stereocenters. The highest BCUT2D eigenvalue weighted by Gasteiger charge is 2.29. The maximum Gasteiger partial charge on any atom is 0.422 e. The van der Waals surface area contributed by atoms with Gasteiger partial charge in [-0.15, -0.1) is 0 Å². The molecule has 0 heterocycles. The van der Waals surface area contributed by atoms with Crippen LogP contribution >= 0.6 is 0 Å².